The van der Waals surface area contributed by atoms with Crippen molar-refractivity contribution in [3.63, 3.8) is 0 Å². The molecule has 2 aromatic heterocycles. The molecule has 31 heavy (non-hydrogen) atoms. The fourth-order valence-electron chi connectivity index (χ4n) is 3.51. The Balaban J connectivity index is 0.00000272. The zero-order chi connectivity index (χ0) is 21.1. The van der Waals surface area contributed by atoms with Crippen molar-refractivity contribution in [2.45, 2.75) is 52.7 Å². The minimum Gasteiger partial charge on any atom is -0.489 e. The molecular formula is C24H26ClN3NaO2. The summed E-state index contributed by atoms with van der Waals surface area (Å²) < 4.78 is 13.5. The number of unbranched alkanes of at least 4 members (excludes halogenated alkanes) is 2. The minimum atomic E-state index is 0. The second-order valence-corrected chi connectivity index (χ2v) is 8.13. The van der Waals surface area contributed by atoms with Crippen LogP contribution in [0, 0.1) is 0 Å². The number of rotatable bonds is 8. The quantitative estimate of drug-likeness (QED) is 0.226. The number of hydrogen-bond donors (Lipinski definition) is 0. The zero-order valence-electron chi connectivity index (χ0n) is 18.6. The molecule has 0 aliphatic rings. The average molecular weight is 447 g/mol. The third-order valence-corrected chi connectivity index (χ3v) is 5.29. The van der Waals surface area contributed by atoms with Crippen molar-refractivity contribution in [3.8, 4) is 28.6 Å². The van der Waals surface area contributed by atoms with Crippen molar-refractivity contribution >= 4 is 52.1 Å². The summed E-state index contributed by atoms with van der Waals surface area (Å²) in [5.41, 5.74) is 2.92. The van der Waals surface area contributed by atoms with Crippen molar-refractivity contribution < 1.29 is 9.26 Å². The van der Waals surface area contributed by atoms with Crippen molar-refractivity contribution in [1.29, 1.82) is 0 Å². The summed E-state index contributed by atoms with van der Waals surface area (Å²) in [4.78, 5) is 4.57. The molecule has 0 unspecified atom stereocenters. The molecule has 7 heteroatoms. The summed E-state index contributed by atoms with van der Waals surface area (Å²) >= 11 is 6.34. The minimum absolute atomic E-state index is 0. The van der Waals surface area contributed by atoms with Gasteiger partial charge in [0, 0.05) is 64.3 Å². The molecule has 0 aliphatic heterocycles. The first-order valence-electron chi connectivity index (χ1n) is 10.4. The molecule has 1 radical (unpaired) electrons. The van der Waals surface area contributed by atoms with Gasteiger partial charge in [-0.3, -0.25) is 0 Å². The van der Waals surface area contributed by atoms with E-state index in [0.717, 1.165) is 17.7 Å². The predicted octanol–water partition coefficient (Wildman–Crippen LogP) is 6.61. The van der Waals surface area contributed by atoms with Crippen LogP contribution >= 0.6 is 11.6 Å². The fourth-order valence-corrected chi connectivity index (χ4v) is 3.73. The van der Waals surface area contributed by atoms with Crippen molar-refractivity contribution in [2.24, 2.45) is 0 Å². The fraction of sp³-hybridized carbons (Fsp3) is 0.333. The molecule has 0 bridgehead atoms. The zero-order valence-corrected chi connectivity index (χ0v) is 21.3. The Kier molecular flexibility index (Phi) is 8.23. The van der Waals surface area contributed by atoms with Gasteiger partial charge < -0.3 is 13.8 Å². The number of ether oxygens (including phenoxy) is 1. The molecule has 2 aromatic carbocycles. The summed E-state index contributed by atoms with van der Waals surface area (Å²) in [7, 11) is 0. The van der Waals surface area contributed by atoms with Gasteiger partial charge in [0.2, 0.25) is 5.82 Å². The van der Waals surface area contributed by atoms with Crippen LogP contribution in [-0.4, -0.2) is 50.4 Å². The predicted molar refractivity (Wildman–Crippen MR) is 127 cm³/mol. The molecular weight excluding hydrogens is 421 g/mol. The maximum Gasteiger partial charge on any atom is 0.258 e. The average Bonchev–Trinajstić information content (AvgIpc) is 3.37. The van der Waals surface area contributed by atoms with E-state index in [1.807, 2.05) is 32.0 Å². The van der Waals surface area contributed by atoms with Crippen molar-refractivity contribution in [3.05, 3.63) is 53.7 Å². The van der Waals surface area contributed by atoms with E-state index in [9.17, 15) is 0 Å². The summed E-state index contributed by atoms with van der Waals surface area (Å²) in [6, 6.07) is 13.9. The second kappa shape index (κ2) is 10.7. The number of fused-ring (bicyclic) bond motifs is 1. The number of aryl methyl sites for hydroxylation is 1. The largest absolute Gasteiger partial charge is 0.489 e. The Morgan fingerprint density at radius 3 is 2.61 bits per heavy atom. The molecule has 0 saturated heterocycles. The van der Waals surface area contributed by atoms with Crippen LogP contribution in [0.15, 0.2) is 53.2 Å². The van der Waals surface area contributed by atoms with E-state index in [0.29, 0.717) is 22.5 Å². The third kappa shape index (κ3) is 5.53. The molecule has 0 atom stereocenters. The van der Waals surface area contributed by atoms with E-state index >= 15 is 0 Å². The molecule has 157 valence electrons. The topological polar surface area (TPSA) is 53.1 Å². The molecule has 0 N–H and O–H groups in total. The van der Waals surface area contributed by atoms with Gasteiger partial charge in [0.1, 0.15) is 5.75 Å². The van der Waals surface area contributed by atoms with Crippen LogP contribution in [0.4, 0.5) is 0 Å². The molecule has 0 aliphatic carbocycles. The van der Waals surface area contributed by atoms with Gasteiger partial charge >= 0.3 is 0 Å². The van der Waals surface area contributed by atoms with Crippen LogP contribution in [-0.2, 0) is 6.54 Å². The van der Waals surface area contributed by atoms with Crippen LogP contribution in [0.25, 0.3) is 33.7 Å². The van der Waals surface area contributed by atoms with Gasteiger partial charge in [-0.1, -0.05) is 36.5 Å². The van der Waals surface area contributed by atoms with E-state index in [-0.39, 0.29) is 35.7 Å². The van der Waals surface area contributed by atoms with Crippen LogP contribution in [0.2, 0.25) is 5.02 Å². The summed E-state index contributed by atoms with van der Waals surface area (Å²) in [5.74, 6) is 1.63. The normalized spacial score (nSPS) is 11.1. The number of benzene rings is 2. The first-order valence-corrected chi connectivity index (χ1v) is 10.8. The van der Waals surface area contributed by atoms with Crippen LogP contribution in [0.3, 0.4) is 0 Å². The van der Waals surface area contributed by atoms with Crippen LogP contribution < -0.4 is 4.74 Å². The maximum absolute atomic E-state index is 6.34. The molecule has 4 aromatic rings. The first-order chi connectivity index (χ1) is 14.5. The Morgan fingerprint density at radius 1 is 1.06 bits per heavy atom. The standard InChI is InChI=1S/C24H26ClN3O2.Na/c1-4-5-6-12-28-13-11-17-14-18(7-9-21(17)28)23-26-24(30-27-23)19-8-10-22(20(25)15-19)29-16(2)3;/h7-11,13-16H,4-6,12H2,1-3H3;. The van der Waals surface area contributed by atoms with Gasteiger partial charge in [0.05, 0.1) is 11.1 Å². The Morgan fingerprint density at radius 2 is 1.87 bits per heavy atom. The van der Waals surface area contributed by atoms with E-state index in [1.165, 1.54) is 30.2 Å². The molecule has 0 fully saturated rings. The first kappa shape index (κ1) is 23.9. The molecule has 0 saturated carbocycles. The summed E-state index contributed by atoms with van der Waals surface area (Å²) in [6.45, 7) is 7.19. The van der Waals surface area contributed by atoms with Gasteiger partial charge in [-0.05, 0) is 62.7 Å². The van der Waals surface area contributed by atoms with Gasteiger partial charge in [0.15, 0.2) is 0 Å². The second-order valence-electron chi connectivity index (χ2n) is 7.72. The molecule has 5 nitrogen and oxygen atoms in total. The van der Waals surface area contributed by atoms with E-state index in [2.05, 4.69) is 46.0 Å². The third-order valence-electron chi connectivity index (χ3n) is 5.00. The Labute approximate surface area is 210 Å². The van der Waals surface area contributed by atoms with Gasteiger partial charge in [-0.25, -0.2) is 0 Å². The SMILES string of the molecule is CCCCCn1ccc2cc(-c3noc(-c4ccc(OC(C)C)c(Cl)c4)n3)ccc21.[Na]. The molecule has 0 amide bonds. The summed E-state index contributed by atoms with van der Waals surface area (Å²) in [6.07, 6.45) is 5.87. The molecule has 4 rings (SSSR count). The van der Waals surface area contributed by atoms with E-state index in [4.69, 9.17) is 20.9 Å². The number of nitrogens with zero attached hydrogens (tertiary/aromatic N) is 3. The number of hydrogen-bond acceptors (Lipinski definition) is 4. The monoisotopic (exact) mass is 446 g/mol. The van der Waals surface area contributed by atoms with Gasteiger partial charge in [-0.15, -0.1) is 0 Å². The number of halogens is 1. The summed E-state index contributed by atoms with van der Waals surface area (Å²) in [5, 5.41) is 5.87. The van der Waals surface area contributed by atoms with Gasteiger partial charge in [0.25, 0.3) is 5.89 Å². The molecule has 2 heterocycles. The molecule has 0 spiro atoms. The number of aromatic nitrogens is 3. The Hall–Kier alpha value is -1.79. The Bertz CT molecular complexity index is 1150. The van der Waals surface area contributed by atoms with E-state index in [1.54, 1.807) is 6.07 Å². The maximum atomic E-state index is 6.34. The van der Waals surface area contributed by atoms with Crippen LogP contribution in [0.1, 0.15) is 40.0 Å². The van der Waals surface area contributed by atoms with E-state index < -0.39 is 0 Å². The van der Waals surface area contributed by atoms with Crippen LogP contribution in [0.5, 0.6) is 5.75 Å². The van der Waals surface area contributed by atoms with Crippen molar-refractivity contribution in [2.75, 3.05) is 0 Å². The van der Waals surface area contributed by atoms with Crippen molar-refractivity contribution in [1.82, 2.24) is 14.7 Å². The smallest absolute Gasteiger partial charge is 0.258 e. The van der Waals surface area contributed by atoms with Gasteiger partial charge in [-0.2, -0.15) is 4.98 Å².